The van der Waals surface area contributed by atoms with Crippen LogP contribution in [0, 0.1) is 11.3 Å². The molecule has 0 N–H and O–H groups in total. The van der Waals surface area contributed by atoms with Gasteiger partial charge in [-0.05, 0) is 65.2 Å². The van der Waals surface area contributed by atoms with Gasteiger partial charge >= 0.3 is 0 Å². The van der Waals surface area contributed by atoms with Crippen LogP contribution in [0.5, 0.6) is 11.5 Å². The average Bonchev–Trinajstić information content (AvgIpc) is 2.91. The van der Waals surface area contributed by atoms with Crippen molar-refractivity contribution in [3.8, 4) is 39.8 Å². The van der Waals surface area contributed by atoms with Crippen LogP contribution in [0.1, 0.15) is 5.69 Å². The molecule has 4 nitrogen and oxygen atoms in total. The maximum Gasteiger partial charge on any atom is 0.151 e. The summed E-state index contributed by atoms with van der Waals surface area (Å²) in [5.41, 5.74) is 7.34. The topological polar surface area (TPSA) is 49.2 Å². The lowest BCUT2D eigenvalue weighted by molar-refractivity contribution is 0.477. The number of nitriles is 1. The Morgan fingerprint density at radius 1 is 0.647 bits per heavy atom. The molecule has 0 radical (unpaired) electrons. The molecule has 0 saturated carbocycles. The molecular formula is C30H19N3O. The molecule has 160 valence electrons. The normalized spacial score (nSPS) is 11.7. The van der Waals surface area contributed by atoms with Crippen LogP contribution in [0.15, 0.2) is 115 Å². The standard InChI is InChI=1S/C30H19N3O/c31-20-26-25(13-8-18-32-26)24-12-2-1-11-23(24)21-9-7-10-22(19-21)33-27-14-3-5-16-29(27)34-30-17-6-4-15-28(30)33/h1-19H. The smallest absolute Gasteiger partial charge is 0.151 e. The minimum Gasteiger partial charge on any atom is -0.453 e. The Kier molecular flexibility index (Phi) is 4.79. The Morgan fingerprint density at radius 2 is 1.29 bits per heavy atom. The van der Waals surface area contributed by atoms with Crippen molar-refractivity contribution in [3.05, 3.63) is 121 Å². The van der Waals surface area contributed by atoms with Gasteiger partial charge in [-0.1, -0.05) is 60.7 Å². The van der Waals surface area contributed by atoms with Gasteiger partial charge in [0, 0.05) is 17.4 Å². The first-order valence-corrected chi connectivity index (χ1v) is 11.0. The van der Waals surface area contributed by atoms with Crippen molar-refractivity contribution in [1.82, 2.24) is 4.98 Å². The Morgan fingerprint density at radius 3 is 2.03 bits per heavy atom. The van der Waals surface area contributed by atoms with Crippen LogP contribution in [0.25, 0.3) is 22.3 Å². The second kappa shape index (κ2) is 8.23. The van der Waals surface area contributed by atoms with E-state index in [-0.39, 0.29) is 0 Å². The van der Waals surface area contributed by atoms with Gasteiger partial charge < -0.3 is 9.64 Å². The number of fused-ring (bicyclic) bond motifs is 2. The maximum atomic E-state index is 9.61. The van der Waals surface area contributed by atoms with Crippen molar-refractivity contribution in [2.45, 2.75) is 0 Å². The molecule has 0 fully saturated rings. The lowest BCUT2D eigenvalue weighted by Crippen LogP contribution is -2.15. The summed E-state index contributed by atoms with van der Waals surface area (Å²) in [4.78, 5) is 6.49. The van der Waals surface area contributed by atoms with E-state index in [1.54, 1.807) is 6.20 Å². The highest BCUT2D eigenvalue weighted by molar-refractivity contribution is 5.90. The van der Waals surface area contributed by atoms with Gasteiger partial charge in [0.25, 0.3) is 0 Å². The molecule has 0 unspecified atom stereocenters. The van der Waals surface area contributed by atoms with E-state index in [1.807, 2.05) is 66.7 Å². The molecule has 4 aromatic carbocycles. The van der Waals surface area contributed by atoms with Gasteiger partial charge in [0.2, 0.25) is 0 Å². The number of aromatic nitrogens is 1. The summed E-state index contributed by atoms with van der Waals surface area (Å²) in [5.74, 6) is 1.64. The van der Waals surface area contributed by atoms with E-state index >= 15 is 0 Å². The quantitative estimate of drug-likeness (QED) is 0.283. The van der Waals surface area contributed by atoms with E-state index < -0.39 is 0 Å². The third-order valence-corrected chi connectivity index (χ3v) is 5.98. The maximum absolute atomic E-state index is 9.61. The first kappa shape index (κ1) is 19.8. The Bertz CT molecular complexity index is 1520. The van der Waals surface area contributed by atoms with Gasteiger partial charge in [-0.3, -0.25) is 0 Å². The van der Waals surface area contributed by atoms with Crippen molar-refractivity contribution in [3.63, 3.8) is 0 Å². The Hall–Kier alpha value is -4.88. The van der Waals surface area contributed by atoms with Crippen LogP contribution in [-0.4, -0.2) is 4.98 Å². The summed E-state index contributed by atoms with van der Waals surface area (Å²) in [6, 6.07) is 38.8. The Balaban J connectivity index is 1.52. The van der Waals surface area contributed by atoms with Crippen LogP contribution < -0.4 is 9.64 Å². The zero-order chi connectivity index (χ0) is 22.9. The largest absolute Gasteiger partial charge is 0.453 e. The van der Waals surface area contributed by atoms with Crippen LogP contribution in [0.4, 0.5) is 17.1 Å². The number of ether oxygens (including phenoxy) is 1. The van der Waals surface area contributed by atoms with E-state index in [0.29, 0.717) is 5.69 Å². The minimum atomic E-state index is 0.419. The second-order valence-corrected chi connectivity index (χ2v) is 7.98. The fourth-order valence-electron chi connectivity index (χ4n) is 4.48. The predicted octanol–water partition coefficient (Wildman–Crippen LogP) is 7.86. The molecule has 5 aromatic rings. The number of anilines is 3. The molecule has 1 aliphatic heterocycles. The lowest BCUT2D eigenvalue weighted by Gasteiger charge is -2.33. The molecule has 34 heavy (non-hydrogen) atoms. The SMILES string of the molecule is N#Cc1ncccc1-c1ccccc1-c1cccc(N2c3ccccc3Oc3ccccc32)c1. The molecule has 0 spiro atoms. The molecule has 1 aromatic heterocycles. The van der Waals surface area contributed by atoms with E-state index in [0.717, 1.165) is 50.8 Å². The van der Waals surface area contributed by atoms with Crippen molar-refractivity contribution in [2.75, 3.05) is 4.90 Å². The zero-order valence-corrected chi connectivity index (χ0v) is 18.2. The summed E-state index contributed by atoms with van der Waals surface area (Å²) in [7, 11) is 0. The monoisotopic (exact) mass is 437 g/mol. The minimum absolute atomic E-state index is 0.419. The second-order valence-electron chi connectivity index (χ2n) is 7.98. The summed E-state index contributed by atoms with van der Waals surface area (Å²) in [6.45, 7) is 0. The average molecular weight is 438 g/mol. The van der Waals surface area contributed by atoms with Gasteiger partial charge in [0.1, 0.15) is 11.8 Å². The van der Waals surface area contributed by atoms with Gasteiger partial charge in [-0.15, -0.1) is 0 Å². The summed E-state index contributed by atoms with van der Waals surface area (Å²) in [6.07, 6.45) is 1.65. The molecule has 6 rings (SSSR count). The fourth-order valence-corrected chi connectivity index (χ4v) is 4.48. The third kappa shape index (κ3) is 3.28. The first-order valence-electron chi connectivity index (χ1n) is 11.0. The molecule has 0 amide bonds. The zero-order valence-electron chi connectivity index (χ0n) is 18.2. The summed E-state index contributed by atoms with van der Waals surface area (Å²) in [5, 5.41) is 9.61. The number of hydrogen-bond acceptors (Lipinski definition) is 4. The van der Waals surface area contributed by atoms with E-state index in [4.69, 9.17) is 4.74 Å². The first-order chi connectivity index (χ1) is 16.8. The van der Waals surface area contributed by atoms with Gasteiger partial charge in [0.15, 0.2) is 11.5 Å². The molecule has 0 atom stereocenters. The highest BCUT2D eigenvalue weighted by Crippen LogP contribution is 2.50. The highest BCUT2D eigenvalue weighted by Gasteiger charge is 2.25. The van der Waals surface area contributed by atoms with E-state index in [1.165, 1.54) is 0 Å². The van der Waals surface area contributed by atoms with Crippen molar-refractivity contribution >= 4 is 17.1 Å². The van der Waals surface area contributed by atoms with E-state index in [9.17, 15) is 5.26 Å². The Labute approximate surface area is 198 Å². The third-order valence-electron chi connectivity index (χ3n) is 5.98. The molecule has 0 bridgehead atoms. The number of hydrogen-bond donors (Lipinski definition) is 0. The van der Waals surface area contributed by atoms with Gasteiger partial charge in [0.05, 0.1) is 11.4 Å². The molecule has 0 aliphatic carbocycles. The highest BCUT2D eigenvalue weighted by atomic mass is 16.5. The molecule has 0 saturated heterocycles. The summed E-state index contributed by atoms with van der Waals surface area (Å²) < 4.78 is 6.17. The summed E-state index contributed by atoms with van der Waals surface area (Å²) >= 11 is 0. The van der Waals surface area contributed by atoms with Crippen LogP contribution in [-0.2, 0) is 0 Å². The van der Waals surface area contributed by atoms with Gasteiger partial charge in [-0.2, -0.15) is 5.26 Å². The van der Waals surface area contributed by atoms with Crippen molar-refractivity contribution in [2.24, 2.45) is 0 Å². The fraction of sp³-hybridized carbons (Fsp3) is 0. The number of benzene rings is 4. The van der Waals surface area contributed by atoms with E-state index in [2.05, 4.69) is 58.4 Å². The molecule has 1 aliphatic rings. The molecular weight excluding hydrogens is 418 g/mol. The lowest BCUT2D eigenvalue weighted by atomic mass is 9.93. The van der Waals surface area contributed by atoms with Crippen LogP contribution >= 0.6 is 0 Å². The predicted molar refractivity (Wildman–Crippen MR) is 135 cm³/mol. The number of nitrogens with zero attached hydrogens (tertiary/aromatic N) is 3. The van der Waals surface area contributed by atoms with Crippen molar-refractivity contribution < 1.29 is 4.74 Å². The number of para-hydroxylation sites is 4. The van der Waals surface area contributed by atoms with Crippen molar-refractivity contribution in [1.29, 1.82) is 5.26 Å². The number of rotatable bonds is 3. The molecule has 2 heterocycles. The van der Waals surface area contributed by atoms with Crippen LogP contribution in [0.2, 0.25) is 0 Å². The number of pyridine rings is 1. The van der Waals surface area contributed by atoms with Crippen LogP contribution in [0.3, 0.4) is 0 Å². The molecule has 4 heteroatoms. The van der Waals surface area contributed by atoms with Gasteiger partial charge in [-0.25, -0.2) is 4.98 Å².